The highest BCUT2D eigenvalue weighted by molar-refractivity contribution is 6.32. The van der Waals surface area contributed by atoms with Gasteiger partial charge in [0.05, 0.1) is 10.0 Å². The third-order valence-electron chi connectivity index (χ3n) is 3.20. The second-order valence-corrected chi connectivity index (χ2v) is 6.04. The molecule has 2 rings (SSSR count). The summed E-state index contributed by atoms with van der Waals surface area (Å²) in [6, 6.07) is 13.9. The van der Waals surface area contributed by atoms with Crippen LogP contribution in [0.25, 0.3) is 0 Å². The highest BCUT2D eigenvalue weighted by Crippen LogP contribution is 2.23. The van der Waals surface area contributed by atoms with E-state index in [4.69, 9.17) is 42.1 Å². The maximum atomic E-state index is 11.5. The van der Waals surface area contributed by atoms with Crippen molar-refractivity contribution in [3.8, 4) is 11.5 Å². The van der Waals surface area contributed by atoms with Crippen molar-refractivity contribution in [3.05, 3.63) is 70.7 Å². The van der Waals surface area contributed by atoms with Crippen molar-refractivity contribution >= 4 is 35.1 Å². The van der Waals surface area contributed by atoms with Gasteiger partial charge in [-0.3, -0.25) is 0 Å². The van der Waals surface area contributed by atoms with Crippen LogP contribution < -0.4 is 9.47 Å². The van der Waals surface area contributed by atoms with Crippen LogP contribution in [0.4, 0.5) is 0 Å². The van der Waals surface area contributed by atoms with Crippen molar-refractivity contribution in [3.63, 3.8) is 0 Å². The summed E-state index contributed by atoms with van der Waals surface area (Å²) in [6.45, 7) is 0.282. The number of esters is 2. The highest BCUT2D eigenvalue weighted by Gasteiger charge is 2.04. The number of carbonyl (C=O) groups is 2. The number of hydrogen-bond acceptors (Lipinski definition) is 6. The summed E-state index contributed by atoms with van der Waals surface area (Å²) >= 11 is 11.9. The molecular formula is C20H18Cl2O6. The van der Waals surface area contributed by atoms with Gasteiger partial charge in [-0.2, -0.15) is 0 Å². The molecule has 2 aromatic rings. The molecule has 0 aromatic heterocycles. The average molecular weight is 425 g/mol. The molecule has 0 heterocycles. The van der Waals surface area contributed by atoms with Gasteiger partial charge in [0, 0.05) is 12.2 Å². The highest BCUT2D eigenvalue weighted by atomic mass is 35.5. The maximum absolute atomic E-state index is 11.5. The lowest BCUT2D eigenvalue weighted by molar-refractivity contribution is -0.141. The van der Waals surface area contributed by atoms with E-state index in [2.05, 4.69) is 0 Å². The summed E-state index contributed by atoms with van der Waals surface area (Å²) in [5, 5.41) is 0.935. The Hall–Kier alpha value is -2.70. The molecule has 0 unspecified atom stereocenters. The van der Waals surface area contributed by atoms with Crippen LogP contribution in [0.5, 0.6) is 11.5 Å². The Labute approximate surface area is 172 Å². The fourth-order valence-electron chi connectivity index (χ4n) is 1.94. The van der Waals surface area contributed by atoms with Crippen LogP contribution in [-0.4, -0.2) is 38.4 Å². The molecule has 0 saturated heterocycles. The largest absolute Gasteiger partial charge is 0.488 e. The smallest absolute Gasteiger partial charge is 0.331 e. The molecule has 8 heteroatoms. The number of para-hydroxylation sites is 2. The maximum Gasteiger partial charge on any atom is 0.331 e. The zero-order chi connectivity index (χ0) is 20.2. The predicted octanol–water partition coefficient (Wildman–Crippen LogP) is 4.09. The SMILES string of the molecule is O=C(/C=C/C(=O)OCCOc1ccccc1Cl)OCCOc1ccccc1Cl. The van der Waals surface area contributed by atoms with E-state index < -0.39 is 11.9 Å². The number of carbonyl (C=O) groups excluding carboxylic acids is 2. The second kappa shape index (κ2) is 11.9. The molecule has 0 fully saturated rings. The molecule has 0 aliphatic rings. The monoisotopic (exact) mass is 424 g/mol. The molecule has 0 amide bonds. The zero-order valence-corrected chi connectivity index (χ0v) is 16.3. The van der Waals surface area contributed by atoms with Gasteiger partial charge in [0.1, 0.15) is 37.9 Å². The molecule has 6 nitrogen and oxygen atoms in total. The first kappa shape index (κ1) is 21.6. The quantitative estimate of drug-likeness (QED) is 0.324. The van der Waals surface area contributed by atoms with Crippen molar-refractivity contribution in [1.82, 2.24) is 0 Å². The van der Waals surface area contributed by atoms with Gasteiger partial charge in [0.25, 0.3) is 0 Å². The molecule has 0 atom stereocenters. The molecule has 0 N–H and O–H groups in total. The average Bonchev–Trinajstić information content (AvgIpc) is 2.69. The van der Waals surface area contributed by atoms with Crippen molar-refractivity contribution < 1.29 is 28.5 Å². The van der Waals surface area contributed by atoms with Gasteiger partial charge in [-0.1, -0.05) is 47.5 Å². The van der Waals surface area contributed by atoms with E-state index in [1.807, 2.05) is 0 Å². The number of halogens is 2. The summed E-state index contributed by atoms with van der Waals surface area (Å²) in [5.41, 5.74) is 0. The minimum Gasteiger partial charge on any atom is -0.488 e. The van der Waals surface area contributed by atoms with E-state index in [0.717, 1.165) is 12.2 Å². The predicted molar refractivity (Wildman–Crippen MR) is 105 cm³/mol. The van der Waals surface area contributed by atoms with Crippen LogP contribution in [0.2, 0.25) is 10.0 Å². The molecule has 0 radical (unpaired) electrons. The van der Waals surface area contributed by atoms with Gasteiger partial charge in [-0.15, -0.1) is 0 Å². The van der Waals surface area contributed by atoms with Crippen LogP contribution in [-0.2, 0) is 19.1 Å². The number of rotatable bonds is 10. The van der Waals surface area contributed by atoms with Gasteiger partial charge in [0.2, 0.25) is 0 Å². The van der Waals surface area contributed by atoms with E-state index >= 15 is 0 Å². The first-order valence-electron chi connectivity index (χ1n) is 8.32. The van der Waals surface area contributed by atoms with Crippen molar-refractivity contribution in [2.75, 3.05) is 26.4 Å². The van der Waals surface area contributed by atoms with E-state index in [1.165, 1.54) is 0 Å². The minimum atomic E-state index is -0.688. The Morgan fingerprint density at radius 1 is 0.679 bits per heavy atom. The molecule has 0 bridgehead atoms. The molecule has 0 spiro atoms. The molecular weight excluding hydrogens is 407 g/mol. The standard InChI is InChI=1S/C20H18Cl2O6/c21-15-5-1-3-7-17(15)25-11-13-27-19(23)9-10-20(24)28-14-12-26-18-8-4-2-6-16(18)22/h1-10H,11-14H2/b10-9+. The topological polar surface area (TPSA) is 71.1 Å². The van der Waals surface area contributed by atoms with E-state index in [-0.39, 0.29) is 26.4 Å². The van der Waals surface area contributed by atoms with Crippen LogP contribution in [0.15, 0.2) is 60.7 Å². The third kappa shape index (κ3) is 7.90. The molecule has 0 aliphatic carbocycles. The number of benzene rings is 2. The number of ether oxygens (including phenoxy) is 4. The molecule has 0 aliphatic heterocycles. The fraction of sp³-hybridized carbons (Fsp3) is 0.200. The zero-order valence-electron chi connectivity index (χ0n) is 14.8. The van der Waals surface area contributed by atoms with Gasteiger partial charge in [-0.25, -0.2) is 9.59 Å². The van der Waals surface area contributed by atoms with E-state index in [0.29, 0.717) is 21.5 Å². The molecule has 28 heavy (non-hydrogen) atoms. The summed E-state index contributed by atoms with van der Waals surface area (Å²) in [4.78, 5) is 23.1. The van der Waals surface area contributed by atoms with E-state index in [9.17, 15) is 9.59 Å². The van der Waals surface area contributed by atoms with Gasteiger partial charge < -0.3 is 18.9 Å². The van der Waals surface area contributed by atoms with Crippen molar-refractivity contribution in [2.45, 2.75) is 0 Å². The van der Waals surface area contributed by atoms with E-state index in [1.54, 1.807) is 48.5 Å². The van der Waals surface area contributed by atoms with Gasteiger partial charge in [-0.05, 0) is 24.3 Å². The summed E-state index contributed by atoms with van der Waals surface area (Å²) in [7, 11) is 0. The fourth-order valence-corrected chi connectivity index (χ4v) is 2.32. The Morgan fingerprint density at radius 2 is 1.07 bits per heavy atom. The Bertz CT molecular complexity index is 754. The molecule has 0 saturated carbocycles. The van der Waals surface area contributed by atoms with Gasteiger partial charge >= 0.3 is 11.9 Å². The lowest BCUT2D eigenvalue weighted by Crippen LogP contribution is -2.12. The number of hydrogen-bond donors (Lipinski definition) is 0. The van der Waals surface area contributed by atoms with Crippen molar-refractivity contribution in [2.24, 2.45) is 0 Å². The second-order valence-electron chi connectivity index (χ2n) is 5.23. The Balaban J connectivity index is 1.57. The molecule has 148 valence electrons. The van der Waals surface area contributed by atoms with Crippen LogP contribution in [0.1, 0.15) is 0 Å². The van der Waals surface area contributed by atoms with Crippen LogP contribution >= 0.6 is 23.2 Å². The summed E-state index contributed by atoms with van der Waals surface area (Å²) in [5.74, 6) is -0.379. The van der Waals surface area contributed by atoms with Crippen molar-refractivity contribution in [1.29, 1.82) is 0 Å². The first-order valence-corrected chi connectivity index (χ1v) is 9.08. The third-order valence-corrected chi connectivity index (χ3v) is 3.82. The minimum absolute atomic E-state index is 0.00905. The summed E-state index contributed by atoms with van der Waals surface area (Å²) < 4.78 is 20.6. The normalized spacial score (nSPS) is 10.5. The Kier molecular flexibility index (Phi) is 9.18. The Morgan fingerprint density at radius 3 is 1.46 bits per heavy atom. The first-order chi connectivity index (χ1) is 13.6. The lowest BCUT2D eigenvalue weighted by Gasteiger charge is -2.08. The van der Waals surface area contributed by atoms with Crippen LogP contribution in [0, 0.1) is 0 Å². The lowest BCUT2D eigenvalue weighted by atomic mass is 10.3. The van der Waals surface area contributed by atoms with Crippen LogP contribution in [0.3, 0.4) is 0 Å². The molecule has 2 aromatic carbocycles. The summed E-state index contributed by atoms with van der Waals surface area (Å²) in [6.07, 6.45) is 1.96. The van der Waals surface area contributed by atoms with Gasteiger partial charge in [0.15, 0.2) is 0 Å².